The summed E-state index contributed by atoms with van der Waals surface area (Å²) < 4.78 is 14.8. The number of para-hydroxylation sites is 1. The molecule has 0 fully saturated rings. The van der Waals surface area contributed by atoms with E-state index in [2.05, 4.69) is 10.6 Å². The Morgan fingerprint density at radius 3 is 2.55 bits per heavy atom. The highest BCUT2D eigenvalue weighted by atomic mass is 19.1. The highest BCUT2D eigenvalue weighted by Gasteiger charge is 2.39. The SMILES string of the molecule is CC1=C(C(=O)Nc2ccccc2C)C(c2ccccc2F)C2=C(CCCC2=O)N1. The van der Waals surface area contributed by atoms with Crippen molar-refractivity contribution in [3.8, 4) is 0 Å². The van der Waals surface area contributed by atoms with Gasteiger partial charge < -0.3 is 10.6 Å². The predicted octanol–water partition coefficient (Wildman–Crippen LogP) is 4.74. The number of allylic oxidation sites excluding steroid dienone is 3. The van der Waals surface area contributed by atoms with Gasteiger partial charge in [0.05, 0.1) is 0 Å². The van der Waals surface area contributed by atoms with Crippen molar-refractivity contribution in [2.75, 3.05) is 5.32 Å². The van der Waals surface area contributed by atoms with Crippen LogP contribution in [0.5, 0.6) is 0 Å². The average molecular weight is 390 g/mol. The number of hydrogen-bond donors (Lipinski definition) is 2. The zero-order valence-corrected chi connectivity index (χ0v) is 16.5. The van der Waals surface area contributed by atoms with E-state index in [4.69, 9.17) is 0 Å². The minimum Gasteiger partial charge on any atom is -0.362 e. The Balaban J connectivity index is 1.82. The quantitative estimate of drug-likeness (QED) is 0.796. The van der Waals surface area contributed by atoms with Crippen LogP contribution in [0.1, 0.15) is 43.2 Å². The smallest absolute Gasteiger partial charge is 0.254 e. The number of rotatable bonds is 3. The van der Waals surface area contributed by atoms with Crippen LogP contribution < -0.4 is 10.6 Å². The van der Waals surface area contributed by atoms with Crippen LogP contribution in [0.2, 0.25) is 0 Å². The standard InChI is InChI=1S/C24H23FN2O2/c1-14-8-3-6-11-18(14)27-24(29)21-15(2)26-19-12-7-13-20(28)23(19)22(21)16-9-4-5-10-17(16)25/h3-6,8-11,22,26H,7,12-13H2,1-2H3,(H,27,29). The van der Waals surface area contributed by atoms with Gasteiger partial charge in [-0.15, -0.1) is 0 Å². The van der Waals surface area contributed by atoms with Gasteiger partial charge in [-0.2, -0.15) is 0 Å². The summed E-state index contributed by atoms with van der Waals surface area (Å²) in [6, 6.07) is 13.9. The number of benzene rings is 2. The molecule has 4 rings (SSSR count). The Bertz CT molecular complexity index is 1070. The number of hydrogen-bond acceptors (Lipinski definition) is 3. The number of carbonyl (C=O) groups is 2. The number of nitrogens with one attached hydrogen (secondary N) is 2. The summed E-state index contributed by atoms with van der Waals surface area (Å²) in [6.07, 6.45) is 1.89. The van der Waals surface area contributed by atoms with E-state index in [1.165, 1.54) is 6.07 Å². The molecule has 1 heterocycles. The molecular weight excluding hydrogens is 367 g/mol. The Morgan fingerprint density at radius 2 is 1.79 bits per heavy atom. The van der Waals surface area contributed by atoms with E-state index >= 15 is 0 Å². The molecule has 0 spiro atoms. The second-order valence-corrected chi connectivity index (χ2v) is 7.56. The van der Waals surface area contributed by atoms with Crippen LogP contribution in [-0.4, -0.2) is 11.7 Å². The summed E-state index contributed by atoms with van der Waals surface area (Å²) in [7, 11) is 0. The maximum Gasteiger partial charge on any atom is 0.254 e. The van der Waals surface area contributed by atoms with Gasteiger partial charge in [-0.25, -0.2) is 4.39 Å². The number of aryl methyl sites for hydroxylation is 1. The van der Waals surface area contributed by atoms with Gasteiger partial charge in [-0.1, -0.05) is 36.4 Å². The molecule has 0 saturated carbocycles. The Hall–Kier alpha value is -3.21. The van der Waals surface area contributed by atoms with Crippen molar-refractivity contribution < 1.29 is 14.0 Å². The van der Waals surface area contributed by atoms with Crippen molar-refractivity contribution in [2.24, 2.45) is 0 Å². The minimum atomic E-state index is -0.718. The Labute approximate surface area is 169 Å². The van der Waals surface area contributed by atoms with Gasteiger partial charge in [0.25, 0.3) is 5.91 Å². The molecular formula is C24H23FN2O2. The van der Waals surface area contributed by atoms with Crippen LogP contribution in [0.25, 0.3) is 0 Å². The fourth-order valence-electron chi connectivity index (χ4n) is 4.21. The second-order valence-electron chi connectivity index (χ2n) is 7.56. The number of dihydropyridines is 1. The molecule has 0 saturated heterocycles. The van der Waals surface area contributed by atoms with Crippen molar-refractivity contribution >= 4 is 17.4 Å². The van der Waals surface area contributed by atoms with Crippen molar-refractivity contribution in [3.63, 3.8) is 0 Å². The first-order valence-corrected chi connectivity index (χ1v) is 9.83. The van der Waals surface area contributed by atoms with Gasteiger partial charge in [-0.05, 0) is 44.4 Å². The molecule has 1 aliphatic heterocycles. The molecule has 1 amide bonds. The molecule has 2 N–H and O–H groups in total. The lowest BCUT2D eigenvalue weighted by atomic mass is 9.75. The summed E-state index contributed by atoms with van der Waals surface area (Å²) >= 11 is 0. The highest BCUT2D eigenvalue weighted by Crippen LogP contribution is 2.43. The summed E-state index contributed by atoms with van der Waals surface area (Å²) in [5, 5.41) is 6.20. The Kier molecular flexibility index (Phi) is 5.05. The topological polar surface area (TPSA) is 58.2 Å². The predicted molar refractivity (Wildman–Crippen MR) is 111 cm³/mol. The zero-order valence-electron chi connectivity index (χ0n) is 16.5. The molecule has 2 aromatic carbocycles. The summed E-state index contributed by atoms with van der Waals surface area (Å²) in [5.74, 6) is -1.49. The third-order valence-corrected chi connectivity index (χ3v) is 5.63. The third kappa shape index (κ3) is 3.48. The van der Waals surface area contributed by atoms with Gasteiger partial charge in [0.1, 0.15) is 5.82 Å². The van der Waals surface area contributed by atoms with E-state index in [9.17, 15) is 14.0 Å². The molecule has 148 valence electrons. The summed E-state index contributed by atoms with van der Waals surface area (Å²) in [6.45, 7) is 3.72. The maximum absolute atomic E-state index is 14.8. The van der Waals surface area contributed by atoms with Crippen LogP contribution >= 0.6 is 0 Å². The van der Waals surface area contributed by atoms with Crippen molar-refractivity contribution in [2.45, 2.75) is 39.0 Å². The number of carbonyl (C=O) groups excluding carboxylic acids is 2. The van der Waals surface area contributed by atoms with Crippen LogP contribution in [0.4, 0.5) is 10.1 Å². The molecule has 0 aromatic heterocycles. The fraction of sp³-hybridized carbons (Fsp3) is 0.250. The van der Waals surface area contributed by atoms with Crippen molar-refractivity contribution in [3.05, 3.63) is 88.0 Å². The molecule has 2 aliphatic rings. The lowest BCUT2D eigenvalue weighted by molar-refractivity contribution is -0.116. The van der Waals surface area contributed by atoms with Crippen molar-refractivity contribution in [1.82, 2.24) is 5.32 Å². The largest absolute Gasteiger partial charge is 0.362 e. The van der Waals surface area contributed by atoms with Gasteiger partial charge in [-0.3, -0.25) is 9.59 Å². The van der Waals surface area contributed by atoms with Crippen LogP contribution in [-0.2, 0) is 9.59 Å². The molecule has 5 heteroatoms. The highest BCUT2D eigenvalue weighted by molar-refractivity contribution is 6.10. The van der Waals surface area contributed by atoms with Gasteiger partial charge in [0.15, 0.2) is 5.78 Å². The normalized spacial score (nSPS) is 19.0. The van der Waals surface area contributed by atoms with E-state index in [0.717, 1.165) is 24.1 Å². The molecule has 1 unspecified atom stereocenters. The van der Waals surface area contributed by atoms with E-state index in [1.807, 2.05) is 38.1 Å². The second kappa shape index (κ2) is 7.66. The first-order chi connectivity index (χ1) is 14.0. The number of ketones is 1. The van der Waals surface area contributed by atoms with E-state index in [-0.39, 0.29) is 11.7 Å². The average Bonchev–Trinajstić information content (AvgIpc) is 2.69. The van der Waals surface area contributed by atoms with E-state index in [1.54, 1.807) is 18.2 Å². The van der Waals surface area contributed by atoms with E-state index in [0.29, 0.717) is 34.5 Å². The zero-order chi connectivity index (χ0) is 20.5. The van der Waals surface area contributed by atoms with Gasteiger partial charge in [0, 0.05) is 46.1 Å². The number of anilines is 1. The third-order valence-electron chi connectivity index (χ3n) is 5.63. The summed E-state index contributed by atoms with van der Waals surface area (Å²) in [5.41, 5.74) is 4.33. The van der Waals surface area contributed by atoms with E-state index < -0.39 is 11.7 Å². The molecule has 1 atom stereocenters. The lowest BCUT2D eigenvalue weighted by Gasteiger charge is -2.34. The van der Waals surface area contributed by atoms with Crippen molar-refractivity contribution in [1.29, 1.82) is 0 Å². The van der Waals surface area contributed by atoms with Crippen LogP contribution in [0.3, 0.4) is 0 Å². The first kappa shape index (κ1) is 19.1. The number of halogens is 1. The van der Waals surface area contributed by atoms with Crippen LogP contribution in [0, 0.1) is 12.7 Å². The molecule has 4 nitrogen and oxygen atoms in total. The van der Waals surface area contributed by atoms with Crippen LogP contribution in [0.15, 0.2) is 71.1 Å². The maximum atomic E-state index is 14.8. The monoisotopic (exact) mass is 390 g/mol. The minimum absolute atomic E-state index is 0.0271. The fourth-order valence-corrected chi connectivity index (χ4v) is 4.21. The van der Waals surface area contributed by atoms with Gasteiger partial charge >= 0.3 is 0 Å². The van der Waals surface area contributed by atoms with Gasteiger partial charge in [0.2, 0.25) is 0 Å². The molecule has 0 bridgehead atoms. The number of Topliss-reactive ketones (excluding diaryl/α,β-unsaturated/α-hetero) is 1. The number of amides is 1. The molecule has 29 heavy (non-hydrogen) atoms. The Morgan fingerprint density at radius 1 is 1.07 bits per heavy atom. The lowest BCUT2D eigenvalue weighted by Crippen LogP contribution is -2.35. The summed E-state index contributed by atoms with van der Waals surface area (Å²) in [4.78, 5) is 26.2. The molecule has 2 aromatic rings. The molecule has 1 aliphatic carbocycles. The first-order valence-electron chi connectivity index (χ1n) is 9.83. The molecule has 0 radical (unpaired) electrons.